The SMILES string of the molecule is N#CC[C@H](c1ccccc1OC(F)F)N1CCNCC1. The number of nitrogens with one attached hydrogen (secondary N) is 1. The number of halogens is 2. The van der Waals surface area contributed by atoms with E-state index in [-0.39, 0.29) is 18.2 Å². The molecule has 0 radical (unpaired) electrons. The summed E-state index contributed by atoms with van der Waals surface area (Å²) in [6.45, 7) is 0.381. The third-order valence-corrected chi connectivity index (χ3v) is 3.37. The number of hydrogen-bond donors (Lipinski definition) is 1. The number of rotatable bonds is 5. The van der Waals surface area contributed by atoms with Crippen LogP contribution in [0.2, 0.25) is 0 Å². The number of alkyl halides is 2. The van der Waals surface area contributed by atoms with Gasteiger partial charge in [0.2, 0.25) is 0 Å². The molecule has 0 aromatic heterocycles. The van der Waals surface area contributed by atoms with Crippen LogP contribution in [0.25, 0.3) is 0 Å². The molecule has 0 aliphatic carbocycles. The summed E-state index contributed by atoms with van der Waals surface area (Å²) in [7, 11) is 0. The van der Waals surface area contributed by atoms with Gasteiger partial charge in [-0.25, -0.2) is 0 Å². The molecule has 1 heterocycles. The molecule has 0 amide bonds. The highest BCUT2D eigenvalue weighted by Crippen LogP contribution is 2.32. The highest BCUT2D eigenvalue weighted by atomic mass is 19.3. The topological polar surface area (TPSA) is 48.3 Å². The van der Waals surface area contributed by atoms with E-state index < -0.39 is 6.61 Å². The summed E-state index contributed by atoms with van der Waals surface area (Å²) in [4.78, 5) is 2.13. The quantitative estimate of drug-likeness (QED) is 0.898. The van der Waals surface area contributed by atoms with E-state index in [0.717, 1.165) is 26.2 Å². The van der Waals surface area contributed by atoms with E-state index in [1.54, 1.807) is 18.2 Å². The van der Waals surface area contributed by atoms with Gasteiger partial charge in [0.15, 0.2) is 0 Å². The van der Waals surface area contributed by atoms with Crippen LogP contribution in [0, 0.1) is 11.3 Å². The van der Waals surface area contributed by atoms with Gasteiger partial charge in [-0.15, -0.1) is 0 Å². The molecular weight excluding hydrogens is 264 g/mol. The van der Waals surface area contributed by atoms with Gasteiger partial charge in [0.25, 0.3) is 0 Å². The Morgan fingerprint density at radius 3 is 2.65 bits per heavy atom. The van der Waals surface area contributed by atoms with Crippen molar-refractivity contribution in [2.24, 2.45) is 0 Å². The Kier molecular flexibility index (Phi) is 5.27. The molecule has 0 spiro atoms. The standard InChI is InChI=1S/C14H17F2N3O/c15-14(16)20-13-4-2-1-3-11(13)12(5-6-17)19-9-7-18-8-10-19/h1-4,12,14,18H,5,7-10H2/t12-/m1/s1. The van der Waals surface area contributed by atoms with E-state index in [4.69, 9.17) is 5.26 Å². The first-order valence-corrected chi connectivity index (χ1v) is 6.58. The third-order valence-electron chi connectivity index (χ3n) is 3.37. The van der Waals surface area contributed by atoms with Crippen LogP contribution in [0.4, 0.5) is 8.78 Å². The Balaban J connectivity index is 2.26. The fourth-order valence-corrected chi connectivity index (χ4v) is 2.48. The summed E-state index contributed by atoms with van der Waals surface area (Å²) < 4.78 is 29.5. The zero-order valence-corrected chi connectivity index (χ0v) is 11.1. The Morgan fingerprint density at radius 2 is 2.00 bits per heavy atom. The summed E-state index contributed by atoms with van der Waals surface area (Å²) in [5.41, 5.74) is 0.649. The van der Waals surface area contributed by atoms with E-state index in [9.17, 15) is 8.78 Å². The van der Waals surface area contributed by atoms with Crippen LogP contribution < -0.4 is 10.1 Å². The van der Waals surface area contributed by atoms with Crippen LogP contribution in [-0.2, 0) is 0 Å². The monoisotopic (exact) mass is 281 g/mol. The minimum absolute atomic E-state index is 0.154. The second kappa shape index (κ2) is 7.17. The molecule has 0 bridgehead atoms. The number of benzene rings is 1. The minimum atomic E-state index is -2.86. The lowest BCUT2D eigenvalue weighted by Gasteiger charge is -2.34. The molecule has 0 saturated carbocycles. The average Bonchev–Trinajstić information content (AvgIpc) is 2.46. The molecule has 1 fully saturated rings. The van der Waals surface area contributed by atoms with Gasteiger partial charge in [-0.05, 0) is 6.07 Å². The molecule has 1 saturated heterocycles. The molecule has 1 aromatic carbocycles. The molecule has 4 nitrogen and oxygen atoms in total. The Labute approximate surface area is 116 Å². The zero-order chi connectivity index (χ0) is 14.4. The second-order valence-corrected chi connectivity index (χ2v) is 4.58. The van der Waals surface area contributed by atoms with Crippen molar-refractivity contribution in [2.75, 3.05) is 26.2 Å². The van der Waals surface area contributed by atoms with E-state index >= 15 is 0 Å². The first kappa shape index (κ1) is 14.7. The fraction of sp³-hybridized carbons (Fsp3) is 0.500. The van der Waals surface area contributed by atoms with Gasteiger partial charge < -0.3 is 10.1 Å². The predicted molar refractivity (Wildman–Crippen MR) is 70.5 cm³/mol. The normalized spacial score (nSPS) is 17.7. The summed E-state index contributed by atoms with van der Waals surface area (Å²) in [5.74, 6) is 0.154. The summed E-state index contributed by atoms with van der Waals surface area (Å²) >= 11 is 0. The van der Waals surface area contributed by atoms with Gasteiger partial charge in [0.05, 0.1) is 18.5 Å². The molecule has 0 unspecified atom stereocenters. The predicted octanol–water partition coefficient (Wildman–Crippen LogP) is 2.15. The van der Waals surface area contributed by atoms with Crippen LogP contribution in [0.1, 0.15) is 18.0 Å². The zero-order valence-electron chi connectivity index (χ0n) is 11.1. The molecular formula is C14H17F2N3O. The Bertz CT molecular complexity index is 470. The Hall–Kier alpha value is -1.71. The summed E-state index contributed by atoms with van der Waals surface area (Å²) in [5, 5.41) is 12.3. The van der Waals surface area contributed by atoms with E-state index in [1.165, 1.54) is 6.07 Å². The maximum absolute atomic E-state index is 12.5. The first-order chi connectivity index (χ1) is 9.72. The largest absolute Gasteiger partial charge is 0.434 e. The van der Waals surface area contributed by atoms with Gasteiger partial charge in [0, 0.05) is 31.7 Å². The number of nitrogens with zero attached hydrogens (tertiary/aromatic N) is 2. The molecule has 6 heteroatoms. The number of hydrogen-bond acceptors (Lipinski definition) is 4. The van der Waals surface area contributed by atoms with Crippen molar-refractivity contribution in [3.05, 3.63) is 29.8 Å². The van der Waals surface area contributed by atoms with Crippen LogP contribution in [-0.4, -0.2) is 37.7 Å². The van der Waals surface area contributed by atoms with Gasteiger partial charge >= 0.3 is 6.61 Å². The molecule has 1 aliphatic heterocycles. The lowest BCUT2D eigenvalue weighted by atomic mass is 10.0. The van der Waals surface area contributed by atoms with Crippen LogP contribution >= 0.6 is 0 Å². The van der Waals surface area contributed by atoms with Crippen molar-refractivity contribution >= 4 is 0 Å². The van der Waals surface area contributed by atoms with Gasteiger partial charge in [0.1, 0.15) is 5.75 Å². The van der Waals surface area contributed by atoms with Gasteiger partial charge in [-0.1, -0.05) is 18.2 Å². The van der Waals surface area contributed by atoms with Gasteiger partial charge in [-0.2, -0.15) is 14.0 Å². The van der Waals surface area contributed by atoms with Crippen LogP contribution in [0.3, 0.4) is 0 Å². The lowest BCUT2D eigenvalue weighted by molar-refractivity contribution is -0.0512. The molecule has 1 atom stereocenters. The number of ether oxygens (including phenoxy) is 1. The van der Waals surface area contributed by atoms with Crippen molar-refractivity contribution in [1.29, 1.82) is 5.26 Å². The molecule has 1 aliphatic rings. The van der Waals surface area contributed by atoms with E-state index in [1.807, 2.05) is 0 Å². The van der Waals surface area contributed by atoms with Crippen molar-refractivity contribution < 1.29 is 13.5 Å². The van der Waals surface area contributed by atoms with Crippen molar-refractivity contribution in [3.63, 3.8) is 0 Å². The summed E-state index contributed by atoms with van der Waals surface area (Å²) in [6.07, 6.45) is 0.254. The smallest absolute Gasteiger partial charge is 0.387 e. The average molecular weight is 281 g/mol. The number of nitriles is 1. The van der Waals surface area contributed by atoms with Crippen molar-refractivity contribution in [3.8, 4) is 11.8 Å². The third kappa shape index (κ3) is 3.65. The minimum Gasteiger partial charge on any atom is -0.434 e. The number of piperazine rings is 1. The van der Waals surface area contributed by atoms with Crippen LogP contribution in [0.5, 0.6) is 5.75 Å². The van der Waals surface area contributed by atoms with E-state index in [2.05, 4.69) is 21.0 Å². The maximum Gasteiger partial charge on any atom is 0.387 e. The molecule has 1 aromatic rings. The second-order valence-electron chi connectivity index (χ2n) is 4.58. The van der Waals surface area contributed by atoms with Crippen LogP contribution in [0.15, 0.2) is 24.3 Å². The first-order valence-electron chi connectivity index (χ1n) is 6.58. The molecule has 1 N–H and O–H groups in total. The maximum atomic E-state index is 12.5. The Morgan fingerprint density at radius 1 is 1.30 bits per heavy atom. The molecule has 2 rings (SSSR count). The van der Waals surface area contributed by atoms with Crippen molar-refractivity contribution in [2.45, 2.75) is 19.1 Å². The van der Waals surface area contributed by atoms with Gasteiger partial charge in [-0.3, -0.25) is 4.90 Å². The highest BCUT2D eigenvalue weighted by molar-refractivity contribution is 5.36. The van der Waals surface area contributed by atoms with E-state index in [0.29, 0.717) is 5.56 Å². The molecule has 20 heavy (non-hydrogen) atoms. The lowest BCUT2D eigenvalue weighted by Crippen LogP contribution is -2.45. The highest BCUT2D eigenvalue weighted by Gasteiger charge is 2.25. The summed E-state index contributed by atoms with van der Waals surface area (Å²) in [6, 6.07) is 8.63. The fourth-order valence-electron chi connectivity index (χ4n) is 2.48. The molecule has 108 valence electrons. The number of para-hydroxylation sites is 1. The van der Waals surface area contributed by atoms with Crippen molar-refractivity contribution in [1.82, 2.24) is 10.2 Å².